The van der Waals surface area contributed by atoms with E-state index >= 15 is 0 Å². The van der Waals surface area contributed by atoms with Crippen LogP contribution in [0.4, 0.5) is 4.39 Å². The van der Waals surface area contributed by atoms with Crippen molar-refractivity contribution in [2.45, 2.75) is 43.4 Å². The molecule has 33 heavy (non-hydrogen) atoms. The molecule has 3 aliphatic rings. The van der Waals surface area contributed by atoms with Crippen LogP contribution in [0.2, 0.25) is 0 Å². The molecule has 1 aliphatic carbocycles. The van der Waals surface area contributed by atoms with Crippen molar-refractivity contribution in [3.05, 3.63) is 47.3 Å². The first-order valence-corrected chi connectivity index (χ1v) is 11.8. The highest BCUT2D eigenvalue weighted by Gasteiger charge is 2.41. The minimum atomic E-state index is -0.783. The minimum absolute atomic E-state index is 0. The average molecular weight is 520 g/mol. The lowest BCUT2D eigenvalue weighted by Gasteiger charge is -2.38. The van der Waals surface area contributed by atoms with Crippen molar-refractivity contribution in [1.29, 1.82) is 0 Å². The number of allylic oxidation sites excluding steroid dienone is 1. The fraction of sp³-hybridized carbons (Fsp3) is 0.583. The van der Waals surface area contributed by atoms with Crippen molar-refractivity contribution in [3.8, 4) is 0 Å². The Balaban J connectivity index is 0.00000193. The number of halogens is 3. The van der Waals surface area contributed by atoms with Crippen LogP contribution >= 0.6 is 37.4 Å². The van der Waals surface area contributed by atoms with E-state index in [1.165, 1.54) is 11.6 Å². The van der Waals surface area contributed by atoms with E-state index < -0.39 is 12.0 Å². The molecule has 2 heterocycles. The molecule has 1 aromatic carbocycles. The van der Waals surface area contributed by atoms with Crippen molar-refractivity contribution < 1.29 is 19.1 Å². The van der Waals surface area contributed by atoms with Crippen LogP contribution in [0.3, 0.4) is 0 Å². The lowest BCUT2D eigenvalue weighted by Crippen LogP contribution is -2.43. The Morgan fingerprint density at radius 2 is 1.76 bits per heavy atom. The number of carbonyl (C=O) groups excluding carboxylic acids is 1. The first-order valence-electron chi connectivity index (χ1n) is 11.3. The van der Waals surface area contributed by atoms with Gasteiger partial charge in [0, 0.05) is 29.8 Å². The van der Waals surface area contributed by atoms with Gasteiger partial charge in [-0.25, -0.2) is 4.39 Å². The number of likely N-dealkylation sites (tertiary alicyclic amines) is 2. The number of aliphatic carboxylic acids is 1. The highest BCUT2D eigenvalue weighted by molar-refractivity contribution is 7.81. The topological polar surface area (TPSA) is 60.9 Å². The van der Waals surface area contributed by atoms with Gasteiger partial charge in [-0.15, -0.1) is 24.8 Å². The third kappa shape index (κ3) is 7.18. The first-order chi connectivity index (χ1) is 14.9. The molecular weight excluding hydrogens is 486 g/mol. The maximum atomic E-state index is 14.7. The molecule has 2 aliphatic heterocycles. The minimum Gasteiger partial charge on any atom is -0.480 e. The van der Waals surface area contributed by atoms with E-state index in [0.29, 0.717) is 18.0 Å². The van der Waals surface area contributed by atoms with Gasteiger partial charge in [-0.2, -0.15) is 12.6 Å². The molecule has 2 atom stereocenters. The van der Waals surface area contributed by atoms with Crippen molar-refractivity contribution in [1.82, 2.24) is 9.80 Å². The van der Waals surface area contributed by atoms with Gasteiger partial charge in [0.15, 0.2) is 5.78 Å². The first kappa shape index (κ1) is 28.1. The van der Waals surface area contributed by atoms with Gasteiger partial charge in [0.25, 0.3) is 0 Å². The summed E-state index contributed by atoms with van der Waals surface area (Å²) in [6, 6.07) is 6.12. The number of hydrogen-bond acceptors (Lipinski definition) is 5. The molecular formula is C24H33Cl2FN2O3S. The van der Waals surface area contributed by atoms with E-state index in [0.717, 1.165) is 51.7 Å². The SMILES string of the molecule is Cl.Cl.O=C(O)CN1CCC(/C=C2\CN(C(C(=O)C3CC3)c3ccccc3F)CCC2S)CC1. The molecule has 0 radical (unpaired) electrons. The Morgan fingerprint density at radius 1 is 1.09 bits per heavy atom. The Labute approximate surface area is 213 Å². The second-order valence-electron chi connectivity index (χ2n) is 9.12. The van der Waals surface area contributed by atoms with E-state index in [9.17, 15) is 14.0 Å². The Bertz CT molecular complexity index is 860. The average Bonchev–Trinajstić information content (AvgIpc) is 3.58. The molecule has 0 aromatic heterocycles. The largest absolute Gasteiger partial charge is 0.480 e. The molecule has 9 heteroatoms. The van der Waals surface area contributed by atoms with Crippen molar-refractivity contribution in [2.75, 3.05) is 32.7 Å². The monoisotopic (exact) mass is 518 g/mol. The summed E-state index contributed by atoms with van der Waals surface area (Å²) in [5.41, 5.74) is 1.69. The van der Waals surface area contributed by atoms with Gasteiger partial charge in [0.1, 0.15) is 5.82 Å². The van der Waals surface area contributed by atoms with Crippen LogP contribution in [-0.2, 0) is 9.59 Å². The van der Waals surface area contributed by atoms with Crippen LogP contribution in [0.25, 0.3) is 0 Å². The lowest BCUT2D eigenvalue weighted by atomic mass is 9.89. The van der Waals surface area contributed by atoms with Gasteiger partial charge in [-0.1, -0.05) is 24.3 Å². The van der Waals surface area contributed by atoms with Crippen LogP contribution in [-0.4, -0.2) is 64.6 Å². The van der Waals surface area contributed by atoms with Crippen LogP contribution in [0.15, 0.2) is 35.9 Å². The van der Waals surface area contributed by atoms with Crippen LogP contribution < -0.4 is 0 Å². The van der Waals surface area contributed by atoms with Crippen molar-refractivity contribution in [2.24, 2.45) is 11.8 Å². The quantitative estimate of drug-likeness (QED) is 0.413. The molecule has 184 valence electrons. The van der Waals surface area contributed by atoms with Gasteiger partial charge < -0.3 is 5.11 Å². The van der Waals surface area contributed by atoms with Gasteiger partial charge in [0.05, 0.1) is 12.6 Å². The standard InChI is InChI=1S/C24H31FN2O3S.2ClH/c25-20-4-2-1-3-19(20)23(24(30)17-5-6-17)27-12-9-21(31)18(14-27)13-16-7-10-26(11-8-16)15-22(28)29;;/h1-4,13,16-17,21,23,31H,5-12,14-15H2,(H,28,29);2*1H/b18-13+;;. The molecule has 0 amide bonds. The molecule has 2 saturated heterocycles. The maximum Gasteiger partial charge on any atom is 0.317 e. The summed E-state index contributed by atoms with van der Waals surface area (Å²) in [5, 5.41) is 9.13. The fourth-order valence-electron chi connectivity index (χ4n) is 4.87. The second-order valence-corrected chi connectivity index (χ2v) is 9.75. The van der Waals surface area contributed by atoms with Gasteiger partial charge in [0.2, 0.25) is 0 Å². The zero-order valence-electron chi connectivity index (χ0n) is 18.6. The number of benzene rings is 1. The highest BCUT2D eigenvalue weighted by atomic mass is 35.5. The number of carbonyl (C=O) groups is 2. The van der Waals surface area contributed by atoms with Crippen LogP contribution in [0, 0.1) is 17.7 Å². The zero-order valence-corrected chi connectivity index (χ0v) is 21.1. The second kappa shape index (κ2) is 12.5. The maximum absolute atomic E-state index is 14.7. The van der Waals surface area contributed by atoms with Gasteiger partial charge in [-0.05, 0) is 62.8 Å². The summed E-state index contributed by atoms with van der Waals surface area (Å²) in [7, 11) is 0. The molecule has 3 fully saturated rings. The van der Waals surface area contributed by atoms with Crippen molar-refractivity contribution in [3.63, 3.8) is 0 Å². The number of carboxylic acids is 1. The number of Topliss-reactive ketones (excluding diaryl/α,β-unsaturated/α-hetero) is 1. The molecule has 1 aromatic rings. The van der Waals surface area contributed by atoms with Crippen molar-refractivity contribution >= 4 is 49.2 Å². The van der Waals surface area contributed by atoms with Gasteiger partial charge in [-0.3, -0.25) is 19.4 Å². The predicted octanol–water partition coefficient (Wildman–Crippen LogP) is 4.42. The molecule has 5 nitrogen and oxygen atoms in total. The number of hydrogen-bond donors (Lipinski definition) is 2. The summed E-state index contributed by atoms with van der Waals surface area (Å²) in [6.07, 6.45) is 6.79. The number of nitrogens with zero attached hydrogens (tertiary/aromatic N) is 2. The van der Waals surface area contributed by atoms with Crippen LogP contribution in [0.5, 0.6) is 0 Å². The third-order valence-corrected chi connectivity index (χ3v) is 7.35. The summed E-state index contributed by atoms with van der Waals surface area (Å²) in [6.45, 7) is 3.00. The Kier molecular flexibility index (Phi) is 10.7. The van der Waals surface area contributed by atoms with E-state index in [4.69, 9.17) is 17.7 Å². The molecule has 0 spiro atoms. The molecule has 0 bridgehead atoms. The van der Waals surface area contributed by atoms with E-state index in [-0.39, 0.29) is 54.1 Å². The molecule has 1 N–H and O–H groups in total. The zero-order chi connectivity index (χ0) is 22.0. The fourth-order valence-corrected chi connectivity index (χ4v) is 5.15. The van der Waals surface area contributed by atoms with E-state index in [1.54, 1.807) is 18.2 Å². The number of piperidine rings is 2. The summed E-state index contributed by atoms with van der Waals surface area (Å²) < 4.78 is 14.7. The summed E-state index contributed by atoms with van der Waals surface area (Å²) >= 11 is 4.80. The number of carboxylic acid groups (broad SMARTS) is 1. The number of thiol groups is 1. The van der Waals surface area contributed by atoms with E-state index in [1.807, 2.05) is 4.90 Å². The van der Waals surface area contributed by atoms with Gasteiger partial charge >= 0.3 is 5.97 Å². The molecule has 4 rings (SSSR count). The Morgan fingerprint density at radius 3 is 2.36 bits per heavy atom. The number of rotatable bonds is 7. The summed E-state index contributed by atoms with van der Waals surface area (Å²) in [5.74, 6) is -0.505. The predicted molar refractivity (Wildman–Crippen MR) is 135 cm³/mol. The van der Waals surface area contributed by atoms with E-state index in [2.05, 4.69) is 11.0 Å². The molecule has 2 unspecified atom stereocenters. The lowest BCUT2D eigenvalue weighted by molar-refractivity contribution is -0.138. The number of ketones is 1. The Hall–Kier alpha value is -1.12. The summed E-state index contributed by atoms with van der Waals surface area (Å²) in [4.78, 5) is 28.2. The highest BCUT2D eigenvalue weighted by Crippen LogP contribution is 2.39. The third-order valence-electron chi connectivity index (χ3n) is 6.76. The normalized spacial score (nSPS) is 24.5. The molecule has 1 saturated carbocycles. The smallest absolute Gasteiger partial charge is 0.317 e. The van der Waals surface area contributed by atoms with Crippen LogP contribution in [0.1, 0.15) is 43.7 Å².